The molecule has 1 aromatic rings. The predicted octanol–water partition coefficient (Wildman–Crippen LogP) is 3.11. The molecular weight excluding hydrogens is 316 g/mol. The van der Waals surface area contributed by atoms with Gasteiger partial charge in [0, 0.05) is 24.5 Å². The van der Waals surface area contributed by atoms with Gasteiger partial charge in [0.05, 0.1) is 0 Å². The van der Waals surface area contributed by atoms with Crippen molar-refractivity contribution in [1.29, 1.82) is 0 Å². The van der Waals surface area contributed by atoms with E-state index in [9.17, 15) is 4.79 Å². The molecular formula is C16H23BrN2O. The summed E-state index contributed by atoms with van der Waals surface area (Å²) in [7, 11) is 1.90. The van der Waals surface area contributed by atoms with Gasteiger partial charge in [0.1, 0.15) is 0 Å². The molecule has 1 fully saturated rings. The van der Waals surface area contributed by atoms with Crippen molar-refractivity contribution in [3.8, 4) is 0 Å². The molecule has 2 rings (SSSR count). The minimum absolute atomic E-state index is 0.248. The first-order chi connectivity index (χ1) is 9.56. The highest BCUT2D eigenvalue weighted by atomic mass is 79.9. The lowest BCUT2D eigenvalue weighted by atomic mass is 9.95. The molecule has 1 heterocycles. The highest BCUT2D eigenvalue weighted by Gasteiger charge is 2.19. The first kappa shape index (κ1) is 15.5. The molecule has 0 aliphatic carbocycles. The van der Waals surface area contributed by atoms with Gasteiger partial charge in [-0.05, 0) is 62.0 Å². The Bertz CT molecular complexity index is 470. The Labute approximate surface area is 129 Å². The summed E-state index contributed by atoms with van der Waals surface area (Å²) in [6.07, 6.45) is 3.02. The van der Waals surface area contributed by atoms with Crippen molar-refractivity contribution in [1.82, 2.24) is 10.2 Å². The second kappa shape index (κ2) is 7.23. The molecule has 3 nitrogen and oxygen atoms in total. The Kier molecular flexibility index (Phi) is 5.61. The SMILES string of the molecule is Cc1ccc(Br)cc1CN(C)C(=O)CC1CCCNC1. The lowest BCUT2D eigenvalue weighted by Crippen LogP contribution is -2.35. The van der Waals surface area contributed by atoms with E-state index >= 15 is 0 Å². The zero-order valence-corrected chi connectivity index (χ0v) is 13.9. The van der Waals surface area contributed by atoms with Gasteiger partial charge in [-0.1, -0.05) is 22.0 Å². The second-order valence-electron chi connectivity index (χ2n) is 5.74. The van der Waals surface area contributed by atoms with Gasteiger partial charge in [-0.15, -0.1) is 0 Å². The minimum Gasteiger partial charge on any atom is -0.341 e. The Hall–Kier alpha value is -0.870. The molecule has 1 N–H and O–H groups in total. The summed E-state index contributed by atoms with van der Waals surface area (Å²) in [5, 5.41) is 3.37. The first-order valence-electron chi connectivity index (χ1n) is 7.26. The van der Waals surface area contributed by atoms with Crippen molar-refractivity contribution in [3.05, 3.63) is 33.8 Å². The average Bonchev–Trinajstić information content (AvgIpc) is 2.44. The maximum atomic E-state index is 12.3. The van der Waals surface area contributed by atoms with Gasteiger partial charge in [0.15, 0.2) is 0 Å². The highest BCUT2D eigenvalue weighted by Crippen LogP contribution is 2.19. The van der Waals surface area contributed by atoms with E-state index in [0.717, 1.165) is 17.6 Å². The largest absolute Gasteiger partial charge is 0.341 e. The van der Waals surface area contributed by atoms with Gasteiger partial charge < -0.3 is 10.2 Å². The number of hydrogen-bond donors (Lipinski definition) is 1. The van der Waals surface area contributed by atoms with Gasteiger partial charge in [0.25, 0.3) is 0 Å². The Morgan fingerprint density at radius 3 is 3.00 bits per heavy atom. The number of piperidine rings is 1. The molecule has 0 saturated carbocycles. The van der Waals surface area contributed by atoms with Crippen LogP contribution in [0, 0.1) is 12.8 Å². The molecule has 0 bridgehead atoms. The molecule has 1 unspecified atom stereocenters. The predicted molar refractivity (Wildman–Crippen MR) is 85.6 cm³/mol. The fourth-order valence-electron chi connectivity index (χ4n) is 2.66. The molecule has 20 heavy (non-hydrogen) atoms. The third-order valence-electron chi connectivity index (χ3n) is 4.01. The molecule has 110 valence electrons. The zero-order valence-electron chi connectivity index (χ0n) is 12.3. The van der Waals surface area contributed by atoms with E-state index in [-0.39, 0.29) is 5.91 Å². The number of rotatable bonds is 4. The molecule has 1 amide bonds. The van der Waals surface area contributed by atoms with Crippen molar-refractivity contribution in [2.24, 2.45) is 5.92 Å². The third kappa shape index (κ3) is 4.32. The smallest absolute Gasteiger partial charge is 0.222 e. The third-order valence-corrected chi connectivity index (χ3v) is 4.50. The fraction of sp³-hybridized carbons (Fsp3) is 0.562. The maximum absolute atomic E-state index is 12.3. The number of benzene rings is 1. The molecule has 0 aromatic heterocycles. The average molecular weight is 339 g/mol. The van der Waals surface area contributed by atoms with Gasteiger partial charge in [-0.25, -0.2) is 0 Å². The number of nitrogens with zero attached hydrogens (tertiary/aromatic N) is 1. The van der Waals surface area contributed by atoms with Crippen LogP contribution in [0.5, 0.6) is 0 Å². The van der Waals surface area contributed by atoms with Crippen LogP contribution in [0.2, 0.25) is 0 Å². The fourth-order valence-corrected chi connectivity index (χ4v) is 3.06. The highest BCUT2D eigenvalue weighted by molar-refractivity contribution is 9.10. The van der Waals surface area contributed by atoms with Crippen molar-refractivity contribution < 1.29 is 4.79 Å². The summed E-state index contributed by atoms with van der Waals surface area (Å²) < 4.78 is 1.07. The Balaban J connectivity index is 1.91. The Morgan fingerprint density at radius 2 is 2.30 bits per heavy atom. The van der Waals surface area contributed by atoms with Crippen molar-refractivity contribution in [2.45, 2.75) is 32.7 Å². The van der Waals surface area contributed by atoms with E-state index in [2.05, 4.69) is 40.3 Å². The van der Waals surface area contributed by atoms with Crippen LogP contribution in [0.25, 0.3) is 0 Å². The molecule has 1 aliphatic rings. The normalized spacial score (nSPS) is 18.9. The summed E-state index contributed by atoms with van der Waals surface area (Å²) in [6.45, 7) is 4.85. The van der Waals surface area contributed by atoms with E-state index in [1.165, 1.54) is 24.0 Å². The molecule has 0 radical (unpaired) electrons. The van der Waals surface area contributed by atoms with Gasteiger partial charge in [-0.2, -0.15) is 0 Å². The van der Waals surface area contributed by atoms with E-state index in [0.29, 0.717) is 18.9 Å². The van der Waals surface area contributed by atoms with Crippen LogP contribution in [0.3, 0.4) is 0 Å². The number of halogens is 1. The first-order valence-corrected chi connectivity index (χ1v) is 8.05. The van der Waals surface area contributed by atoms with Crippen LogP contribution in [-0.4, -0.2) is 30.9 Å². The number of aryl methyl sites for hydroxylation is 1. The van der Waals surface area contributed by atoms with E-state index < -0.39 is 0 Å². The zero-order chi connectivity index (χ0) is 14.5. The molecule has 1 saturated heterocycles. The topological polar surface area (TPSA) is 32.3 Å². The van der Waals surface area contributed by atoms with Crippen LogP contribution in [-0.2, 0) is 11.3 Å². The van der Waals surface area contributed by atoms with Crippen LogP contribution in [0.4, 0.5) is 0 Å². The summed E-state index contributed by atoms with van der Waals surface area (Å²) in [5.41, 5.74) is 2.43. The monoisotopic (exact) mass is 338 g/mol. The van der Waals surface area contributed by atoms with E-state index in [4.69, 9.17) is 0 Å². The number of carbonyl (C=O) groups excluding carboxylic acids is 1. The van der Waals surface area contributed by atoms with Crippen LogP contribution < -0.4 is 5.32 Å². The quantitative estimate of drug-likeness (QED) is 0.914. The van der Waals surface area contributed by atoms with Crippen LogP contribution >= 0.6 is 15.9 Å². The van der Waals surface area contributed by atoms with Crippen molar-refractivity contribution >= 4 is 21.8 Å². The summed E-state index contributed by atoms with van der Waals surface area (Å²) >= 11 is 3.49. The van der Waals surface area contributed by atoms with Gasteiger partial charge in [-0.3, -0.25) is 4.79 Å². The number of hydrogen-bond acceptors (Lipinski definition) is 2. The molecule has 1 aliphatic heterocycles. The molecule has 4 heteroatoms. The van der Waals surface area contributed by atoms with E-state index in [1.807, 2.05) is 18.0 Å². The second-order valence-corrected chi connectivity index (χ2v) is 6.65. The van der Waals surface area contributed by atoms with E-state index in [1.54, 1.807) is 0 Å². The number of nitrogens with one attached hydrogen (secondary N) is 1. The van der Waals surface area contributed by atoms with Gasteiger partial charge in [0.2, 0.25) is 5.91 Å². The molecule has 1 atom stereocenters. The summed E-state index contributed by atoms with van der Waals surface area (Å²) in [5.74, 6) is 0.750. The molecule has 0 spiro atoms. The lowest BCUT2D eigenvalue weighted by Gasteiger charge is -2.25. The van der Waals surface area contributed by atoms with Crippen molar-refractivity contribution in [2.75, 3.05) is 20.1 Å². The number of carbonyl (C=O) groups is 1. The van der Waals surface area contributed by atoms with Crippen LogP contribution in [0.1, 0.15) is 30.4 Å². The Morgan fingerprint density at radius 1 is 1.50 bits per heavy atom. The lowest BCUT2D eigenvalue weighted by molar-refractivity contribution is -0.131. The maximum Gasteiger partial charge on any atom is 0.222 e. The standard InChI is InChI=1S/C16H23BrN2O/c1-12-5-6-15(17)9-14(12)11-19(2)16(20)8-13-4-3-7-18-10-13/h5-6,9,13,18H,3-4,7-8,10-11H2,1-2H3. The number of amides is 1. The van der Waals surface area contributed by atoms with Crippen molar-refractivity contribution in [3.63, 3.8) is 0 Å². The summed E-state index contributed by atoms with van der Waals surface area (Å²) in [6, 6.07) is 6.22. The minimum atomic E-state index is 0.248. The molecule has 1 aromatic carbocycles. The van der Waals surface area contributed by atoms with Gasteiger partial charge >= 0.3 is 0 Å². The van der Waals surface area contributed by atoms with Crippen LogP contribution in [0.15, 0.2) is 22.7 Å². The summed E-state index contributed by atoms with van der Waals surface area (Å²) in [4.78, 5) is 14.1.